The van der Waals surface area contributed by atoms with Crippen LogP contribution in [0.25, 0.3) is 0 Å². The van der Waals surface area contributed by atoms with E-state index in [1.54, 1.807) is 0 Å². The van der Waals surface area contributed by atoms with E-state index < -0.39 is 22.5 Å². The molecule has 0 saturated carbocycles. The van der Waals surface area contributed by atoms with Crippen LogP contribution in [0.1, 0.15) is 0 Å². The van der Waals surface area contributed by atoms with Gasteiger partial charge in [-0.15, -0.1) is 0 Å². The third-order valence-corrected chi connectivity index (χ3v) is 45.0. The van der Waals surface area contributed by atoms with Gasteiger partial charge in [0.15, 0.2) is 7.83 Å². The smallest absolute Gasteiger partial charge is 0.171 e. The maximum absolute atomic E-state index is 6.05. The lowest BCUT2D eigenvalue weighted by molar-refractivity contribution is 0.336. The third kappa shape index (κ3) is 1.38. The van der Waals surface area contributed by atoms with E-state index in [9.17, 15) is 0 Å². The average Bonchev–Trinajstić information content (AvgIpc) is 1.83. The van der Waals surface area contributed by atoms with Gasteiger partial charge in [0.25, 0.3) is 0 Å². The Bertz CT molecular complexity index is 169. The standard InChI is InChI=1S/C8H22OSi3/c1-10(2)8-7-9-11(3,4)12(10,5)6/h7-8H2,1-6H3. The van der Waals surface area contributed by atoms with E-state index in [1.165, 1.54) is 6.04 Å². The molecule has 0 aliphatic carbocycles. The van der Waals surface area contributed by atoms with Crippen LogP contribution >= 0.6 is 0 Å². The van der Waals surface area contributed by atoms with Crippen molar-refractivity contribution in [1.82, 2.24) is 0 Å². The molecule has 1 rings (SSSR count). The van der Waals surface area contributed by atoms with Crippen LogP contribution in [0.4, 0.5) is 0 Å². The molecule has 1 aliphatic heterocycles. The molecule has 1 saturated heterocycles. The average molecular weight is 219 g/mol. The van der Waals surface area contributed by atoms with E-state index in [0.29, 0.717) is 0 Å². The molecule has 1 heterocycles. The second kappa shape index (κ2) is 2.80. The molecule has 0 spiro atoms. The van der Waals surface area contributed by atoms with E-state index in [2.05, 4.69) is 39.3 Å². The van der Waals surface area contributed by atoms with Crippen LogP contribution in [0, 0.1) is 0 Å². The van der Waals surface area contributed by atoms with Crippen molar-refractivity contribution in [1.29, 1.82) is 0 Å². The first-order valence-electron chi connectivity index (χ1n) is 4.85. The molecule has 0 N–H and O–H groups in total. The first kappa shape index (κ1) is 10.7. The van der Waals surface area contributed by atoms with Crippen molar-refractivity contribution in [2.75, 3.05) is 6.61 Å². The molecule has 0 aromatic heterocycles. The predicted octanol–water partition coefficient (Wildman–Crippen LogP) is 2.80. The van der Waals surface area contributed by atoms with Crippen LogP contribution in [-0.2, 0) is 4.43 Å². The van der Waals surface area contributed by atoms with Crippen molar-refractivity contribution >= 4 is 22.5 Å². The van der Waals surface area contributed by atoms with Crippen molar-refractivity contribution in [3.63, 3.8) is 0 Å². The number of hydrogen-bond acceptors (Lipinski definition) is 1. The van der Waals surface area contributed by atoms with E-state index in [0.717, 1.165) is 6.61 Å². The van der Waals surface area contributed by atoms with Crippen LogP contribution in [0.2, 0.25) is 45.3 Å². The minimum absolute atomic E-state index is 0.878. The van der Waals surface area contributed by atoms with Gasteiger partial charge in [0.1, 0.15) is 0 Å². The normalized spacial score (nSPS) is 31.5. The summed E-state index contributed by atoms with van der Waals surface area (Å²) in [6.07, 6.45) is 0. The Morgan fingerprint density at radius 2 is 1.42 bits per heavy atom. The van der Waals surface area contributed by atoms with Gasteiger partial charge >= 0.3 is 0 Å². The summed E-state index contributed by atoms with van der Waals surface area (Å²) < 4.78 is 6.05. The highest BCUT2D eigenvalue weighted by molar-refractivity contribution is 7.67. The van der Waals surface area contributed by atoms with E-state index >= 15 is 0 Å². The highest BCUT2D eigenvalue weighted by Gasteiger charge is 2.55. The summed E-state index contributed by atoms with van der Waals surface area (Å²) in [5.41, 5.74) is 0. The van der Waals surface area contributed by atoms with E-state index in [-0.39, 0.29) is 0 Å². The SMILES string of the molecule is C[Si]1(C)CCO[Si](C)(C)[Si]1(C)C. The molecule has 1 fully saturated rings. The van der Waals surface area contributed by atoms with Crippen LogP contribution in [0.15, 0.2) is 0 Å². The first-order valence-corrected chi connectivity index (χ1v) is 16.0. The second-order valence-corrected chi connectivity index (χ2v) is 33.1. The molecule has 0 radical (unpaired) electrons. The lowest BCUT2D eigenvalue weighted by Gasteiger charge is -2.51. The summed E-state index contributed by atoms with van der Waals surface area (Å²) in [5.74, 6) is 0. The zero-order chi connectivity index (χ0) is 9.62. The zero-order valence-corrected chi connectivity index (χ0v) is 12.3. The lowest BCUT2D eigenvalue weighted by atomic mass is 10.9. The van der Waals surface area contributed by atoms with Gasteiger partial charge in [0.2, 0.25) is 0 Å². The summed E-state index contributed by atoms with van der Waals surface area (Å²) in [6, 6.07) is 1.41. The van der Waals surface area contributed by atoms with E-state index in [1.807, 2.05) is 0 Å². The minimum Gasteiger partial charge on any atom is -0.421 e. The Morgan fingerprint density at radius 3 is 1.75 bits per heavy atom. The molecule has 0 bridgehead atoms. The quantitative estimate of drug-likeness (QED) is 0.568. The summed E-state index contributed by atoms with van der Waals surface area (Å²) in [7, 11) is -3.12. The van der Waals surface area contributed by atoms with Gasteiger partial charge in [0.05, 0.1) is 7.11 Å². The van der Waals surface area contributed by atoms with Crippen molar-refractivity contribution in [2.24, 2.45) is 0 Å². The number of hydrogen-bond donors (Lipinski definition) is 0. The maximum atomic E-state index is 6.05. The van der Waals surface area contributed by atoms with Gasteiger partial charge in [0, 0.05) is 14.2 Å². The van der Waals surface area contributed by atoms with Crippen LogP contribution in [0.5, 0.6) is 0 Å². The number of rotatable bonds is 0. The molecule has 0 amide bonds. The Morgan fingerprint density at radius 1 is 0.917 bits per heavy atom. The maximum Gasteiger partial charge on any atom is 0.171 e. The summed E-state index contributed by atoms with van der Waals surface area (Å²) in [4.78, 5) is 0. The Labute approximate surface area is 79.2 Å². The van der Waals surface area contributed by atoms with Gasteiger partial charge in [-0.05, 0) is 19.1 Å². The van der Waals surface area contributed by atoms with Crippen molar-refractivity contribution < 1.29 is 4.43 Å². The summed E-state index contributed by atoms with van der Waals surface area (Å²) >= 11 is 0. The van der Waals surface area contributed by atoms with E-state index in [4.69, 9.17) is 4.43 Å². The molecular formula is C8H22OSi3. The molecule has 1 nitrogen and oxygen atoms in total. The summed E-state index contributed by atoms with van der Waals surface area (Å²) in [5, 5.41) is 0. The molecular weight excluding hydrogens is 196 g/mol. The molecule has 12 heavy (non-hydrogen) atoms. The predicted molar refractivity (Wildman–Crippen MR) is 63.2 cm³/mol. The summed E-state index contributed by atoms with van der Waals surface area (Å²) in [6.45, 7) is 16.2. The highest BCUT2D eigenvalue weighted by atomic mass is 29.6. The molecule has 0 aromatic carbocycles. The topological polar surface area (TPSA) is 9.23 Å². The monoisotopic (exact) mass is 218 g/mol. The fourth-order valence-corrected chi connectivity index (χ4v) is 30.8. The lowest BCUT2D eigenvalue weighted by Crippen LogP contribution is -2.74. The second-order valence-electron chi connectivity index (χ2n) is 5.62. The fourth-order valence-electron chi connectivity index (χ4n) is 1.87. The van der Waals surface area contributed by atoms with Crippen LogP contribution in [-0.4, -0.2) is 29.1 Å². The van der Waals surface area contributed by atoms with Gasteiger partial charge in [-0.3, -0.25) is 0 Å². The third-order valence-electron chi connectivity index (χ3n) is 4.39. The minimum atomic E-state index is -1.25. The Hall–Kier alpha value is 0.611. The molecule has 0 atom stereocenters. The molecule has 72 valence electrons. The van der Waals surface area contributed by atoms with Gasteiger partial charge in [-0.25, -0.2) is 0 Å². The van der Waals surface area contributed by atoms with Crippen molar-refractivity contribution in [3.05, 3.63) is 0 Å². The zero-order valence-electron chi connectivity index (χ0n) is 9.32. The Kier molecular flexibility index (Phi) is 2.49. The Balaban J connectivity index is 2.99. The largest absolute Gasteiger partial charge is 0.421 e. The van der Waals surface area contributed by atoms with Crippen LogP contribution < -0.4 is 0 Å². The first-order chi connectivity index (χ1) is 5.21. The molecule has 4 heteroatoms. The fraction of sp³-hybridized carbons (Fsp3) is 1.00. The van der Waals surface area contributed by atoms with Gasteiger partial charge < -0.3 is 4.43 Å². The van der Waals surface area contributed by atoms with Gasteiger partial charge in [-0.1, -0.05) is 26.2 Å². The van der Waals surface area contributed by atoms with Crippen LogP contribution in [0.3, 0.4) is 0 Å². The highest BCUT2D eigenvalue weighted by Crippen LogP contribution is 2.36. The molecule has 1 aliphatic rings. The van der Waals surface area contributed by atoms with Crippen molar-refractivity contribution in [3.8, 4) is 0 Å². The van der Waals surface area contributed by atoms with Gasteiger partial charge in [-0.2, -0.15) is 0 Å². The molecule has 0 aromatic rings. The van der Waals surface area contributed by atoms with Crippen molar-refractivity contribution in [2.45, 2.75) is 45.3 Å². The molecule has 0 unspecified atom stereocenters.